The number of fused-ring (bicyclic) bond motifs is 1. The minimum absolute atomic E-state index is 0.328. The van der Waals surface area contributed by atoms with Gasteiger partial charge in [0, 0.05) is 25.0 Å². The van der Waals surface area contributed by atoms with Crippen LogP contribution in [0.15, 0.2) is 41.2 Å². The zero-order valence-corrected chi connectivity index (χ0v) is 15.2. The average Bonchev–Trinajstić information content (AvgIpc) is 3.40. The lowest BCUT2D eigenvalue weighted by Gasteiger charge is -2.24. The molecule has 2 saturated heterocycles. The van der Waals surface area contributed by atoms with Gasteiger partial charge in [0.25, 0.3) is 5.89 Å². The summed E-state index contributed by atoms with van der Waals surface area (Å²) in [6.45, 7) is 3.13. The maximum absolute atomic E-state index is 5.63. The van der Waals surface area contributed by atoms with Gasteiger partial charge in [0.2, 0.25) is 0 Å². The highest BCUT2D eigenvalue weighted by Gasteiger charge is 2.46. The summed E-state index contributed by atoms with van der Waals surface area (Å²) in [6.07, 6.45) is 5.30. The van der Waals surface area contributed by atoms with Crippen LogP contribution in [0.4, 0.5) is 0 Å². The average molecular weight is 349 g/mol. The second kappa shape index (κ2) is 6.06. The first-order chi connectivity index (χ1) is 12.7. The van der Waals surface area contributed by atoms with Gasteiger partial charge in [-0.2, -0.15) is 4.98 Å². The third kappa shape index (κ3) is 2.40. The van der Waals surface area contributed by atoms with Crippen LogP contribution in [0.1, 0.15) is 48.3 Å². The van der Waals surface area contributed by atoms with Crippen LogP contribution < -0.4 is 0 Å². The maximum atomic E-state index is 5.63. The van der Waals surface area contributed by atoms with Crippen LogP contribution in [-0.4, -0.2) is 37.2 Å². The van der Waals surface area contributed by atoms with E-state index in [0.29, 0.717) is 23.9 Å². The molecule has 3 aromatic rings. The van der Waals surface area contributed by atoms with E-state index in [1.807, 2.05) is 18.5 Å². The van der Waals surface area contributed by atoms with Gasteiger partial charge in [-0.25, -0.2) is 4.98 Å². The van der Waals surface area contributed by atoms with Gasteiger partial charge in [0.05, 0.1) is 12.0 Å². The summed E-state index contributed by atoms with van der Waals surface area (Å²) in [5.74, 6) is 1.75. The van der Waals surface area contributed by atoms with Crippen molar-refractivity contribution in [2.75, 3.05) is 6.54 Å². The van der Waals surface area contributed by atoms with Crippen LogP contribution in [0, 0.1) is 6.92 Å². The largest absolute Gasteiger partial charge is 0.332 e. The summed E-state index contributed by atoms with van der Waals surface area (Å²) in [5, 5.41) is 4.37. The topological polar surface area (TPSA) is 60.0 Å². The molecular formula is C20H23N5O. The van der Waals surface area contributed by atoms with E-state index in [2.05, 4.69) is 45.4 Å². The Morgan fingerprint density at radius 1 is 1.19 bits per heavy atom. The molecule has 0 aliphatic carbocycles. The number of imidazole rings is 1. The number of aryl methyl sites for hydroxylation is 2. The number of hydrogen-bond acceptors (Lipinski definition) is 5. The minimum Gasteiger partial charge on any atom is -0.332 e. The first-order valence-electron chi connectivity index (χ1n) is 9.35. The fourth-order valence-corrected chi connectivity index (χ4v) is 4.78. The molecule has 26 heavy (non-hydrogen) atoms. The Hall–Kier alpha value is -2.47. The fraction of sp³-hybridized carbons (Fsp3) is 0.450. The number of aromatic nitrogens is 4. The van der Waals surface area contributed by atoms with Crippen molar-refractivity contribution in [1.82, 2.24) is 24.6 Å². The molecule has 6 heteroatoms. The van der Waals surface area contributed by atoms with Crippen molar-refractivity contribution < 1.29 is 4.52 Å². The summed E-state index contributed by atoms with van der Waals surface area (Å²) in [6, 6.07) is 11.8. The van der Waals surface area contributed by atoms with Crippen LogP contribution in [0.2, 0.25) is 0 Å². The van der Waals surface area contributed by atoms with Crippen LogP contribution in [0.5, 0.6) is 0 Å². The lowest BCUT2D eigenvalue weighted by atomic mass is 9.94. The number of rotatable bonds is 3. The van der Waals surface area contributed by atoms with E-state index in [0.717, 1.165) is 30.2 Å². The molecule has 0 bridgehead atoms. The number of hydrogen-bond donors (Lipinski definition) is 0. The van der Waals surface area contributed by atoms with Gasteiger partial charge in [0.15, 0.2) is 5.82 Å². The fourth-order valence-electron chi connectivity index (χ4n) is 4.78. The third-order valence-electron chi connectivity index (χ3n) is 5.96. The molecule has 0 spiro atoms. The van der Waals surface area contributed by atoms with E-state index in [-0.39, 0.29) is 0 Å². The van der Waals surface area contributed by atoms with Crippen LogP contribution in [0.3, 0.4) is 0 Å². The molecule has 4 heterocycles. The summed E-state index contributed by atoms with van der Waals surface area (Å²) in [5.41, 5.74) is 3.22. The van der Waals surface area contributed by atoms with Crippen molar-refractivity contribution in [2.45, 2.75) is 44.2 Å². The molecule has 0 saturated carbocycles. The molecule has 0 radical (unpaired) electrons. The lowest BCUT2D eigenvalue weighted by Crippen LogP contribution is -2.27. The molecule has 0 unspecified atom stereocenters. The van der Waals surface area contributed by atoms with Crippen molar-refractivity contribution in [3.05, 3.63) is 53.7 Å². The minimum atomic E-state index is 0.328. The van der Waals surface area contributed by atoms with E-state index in [1.165, 1.54) is 18.4 Å². The van der Waals surface area contributed by atoms with Gasteiger partial charge in [-0.15, -0.1) is 0 Å². The van der Waals surface area contributed by atoms with Gasteiger partial charge < -0.3 is 9.09 Å². The van der Waals surface area contributed by atoms with E-state index < -0.39 is 0 Å². The standard InChI is InChI=1S/C20H23N5O/c1-13-18(24(2)12-21-13)20-22-19(23-26-20)15-11-17(14-7-4-3-5-8-14)25-10-6-9-16(15)25/h3-5,7-8,12,15-17H,6,9-11H2,1-2H3/t15-,16+,17-/m0/s1. The van der Waals surface area contributed by atoms with Crippen molar-refractivity contribution in [3.8, 4) is 11.6 Å². The molecule has 0 N–H and O–H groups in total. The number of benzene rings is 1. The molecule has 3 atom stereocenters. The van der Waals surface area contributed by atoms with Crippen LogP contribution >= 0.6 is 0 Å². The Morgan fingerprint density at radius 3 is 2.81 bits per heavy atom. The molecule has 2 aliphatic rings. The molecule has 6 nitrogen and oxygen atoms in total. The Balaban J connectivity index is 1.47. The number of nitrogens with zero attached hydrogens (tertiary/aromatic N) is 5. The van der Waals surface area contributed by atoms with E-state index in [4.69, 9.17) is 9.51 Å². The van der Waals surface area contributed by atoms with E-state index in [9.17, 15) is 0 Å². The lowest BCUT2D eigenvalue weighted by molar-refractivity contribution is 0.243. The van der Waals surface area contributed by atoms with Gasteiger partial charge in [-0.05, 0) is 38.3 Å². The second-order valence-electron chi connectivity index (χ2n) is 7.46. The Labute approximate surface area is 152 Å². The highest BCUT2D eigenvalue weighted by molar-refractivity contribution is 5.51. The quantitative estimate of drug-likeness (QED) is 0.724. The van der Waals surface area contributed by atoms with Gasteiger partial charge in [-0.3, -0.25) is 4.90 Å². The summed E-state index contributed by atoms with van der Waals surface area (Å²) < 4.78 is 7.57. The Morgan fingerprint density at radius 2 is 2.04 bits per heavy atom. The second-order valence-corrected chi connectivity index (χ2v) is 7.46. The smallest absolute Gasteiger partial charge is 0.276 e. The molecule has 2 aromatic heterocycles. The Kier molecular flexibility index (Phi) is 3.67. The van der Waals surface area contributed by atoms with E-state index >= 15 is 0 Å². The van der Waals surface area contributed by atoms with Gasteiger partial charge >= 0.3 is 0 Å². The maximum Gasteiger partial charge on any atom is 0.276 e. The molecule has 2 aliphatic heterocycles. The first kappa shape index (κ1) is 15.8. The normalized spacial score (nSPS) is 25.7. The van der Waals surface area contributed by atoms with Gasteiger partial charge in [-0.1, -0.05) is 35.5 Å². The highest BCUT2D eigenvalue weighted by atomic mass is 16.5. The zero-order chi connectivity index (χ0) is 17.7. The molecule has 2 fully saturated rings. The first-order valence-corrected chi connectivity index (χ1v) is 9.35. The van der Waals surface area contributed by atoms with Crippen molar-refractivity contribution in [2.24, 2.45) is 7.05 Å². The zero-order valence-electron chi connectivity index (χ0n) is 15.2. The predicted molar refractivity (Wildman–Crippen MR) is 97.5 cm³/mol. The predicted octanol–water partition coefficient (Wildman–Crippen LogP) is 3.47. The Bertz CT molecular complexity index is 896. The molecule has 5 rings (SSSR count). The van der Waals surface area contributed by atoms with E-state index in [1.54, 1.807) is 6.33 Å². The van der Waals surface area contributed by atoms with Crippen molar-refractivity contribution in [1.29, 1.82) is 0 Å². The SMILES string of the molecule is Cc1ncn(C)c1-c1nc([C@H]2C[C@@H](c3ccccc3)N3CCC[C@H]23)no1. The summed E-state index contributed by atoms with van der Waals surface area (Å²) >= 11 is 0. The monoisotopic (exact) mass is 349 g/mol. The van der Waals surface area contributed by atoms with Crippen LogP contribution in [-0.2, 0) is 7.05 Å². The van der Waals surface area contributed by atoms with Gasteiger partial charge in [0.1, 0.15) is 5.69 Å². The molecule has 134 valence electrons. The highest BCUT2D eigenvalue weighted by Crippen LogP contribution is 2.48. The summed E-state index contributed by atoms with van der Waals surface area (Å²) in [7, 11) is 1.96. The third-order valence-corrected chi connectivity index (χ3v) is 5.96. The van der Waals surface area contributed by atoms with Crippen molar-refractivity contribution >= 4 is 0 Å². The van der Waals surface area contributed by atoms with Crippen molar-refractivity contribution in [3.63, 3.8) is 0 Å². The molecule has 0 amide bonds. The molecular weight excluding hydrogens is 326 g/mol. The molecule has 1 aromatic carbocycles. The summed E-state index contributed by atoms with van der Waals surface area (Å²) in [4.78, 5) is 11.8. The van der Waals surface area contributed by atoms with Crippen LogP contribution in [0.25, 0.3) is 11.6 Å².